The van der Waals surface area contributed by atoms with Crippen LogP contribution in [-0.2, 0) is 0 Å². The average Bonchev–Trinajstić information content (AvgIpc) is 2.58. The number of rotatable bonds is 4. The number of halogens is 4. The highest BCUT2D eigenvalue weighted by Crippen LogP contribution is 2.32. The minimum absolute atomic E-state index is 0.0219. The molecule has 122 valence electrons. The van der Waals surface area contributed by atoms with E-state index in [2.05, 4.69) is 4.72 Å². The summed E-state index contributed by atoms with van der Waals surface area (Å²) >= 11 is 6.58. The van der Waals surface area contributed by atoms with Gasteiger partial charge in [-0.3, -0.25) is 0 Å². The molecule has 0 fully saturated rings. The van der Waals surface area contributed by atoms with Crippen LogP contribution in [0.15, 0.2) is 65.6 Å². The number of benzene rings is 3. The van der Waals surface area contributed by atoms with Gasteiger partial charge in [-0.05, 0) is 35.7 Å². The van der Waals surface area contributed by atoms with Gasteiger partial charge in [0.25, 0.3) is 0 Å². The summed E-state index contributed by atoms with van der Waals surface area (Å²) in [7, 11) is 0. The van der Waals surface area contributed by atoms with Gasteiger partial charge in [0.15, 0.2) is 5.82 Å². The normalized spacial score (nSPS) is 10.7. The smallest absolute Gasteiger partial charge is 0.157 e. The van der Waals surface area contributed by atoms with Crippen molar-refractivity contribution in [2.24, 2.45) is 0 Å². The highest BCUT2D eigenvalue weighted by Gasteiger charge is 2.13. The third-order valence-electron chi connectivity index (χ3n) is 3.33. The van der Waals surface area contributed by atoms with E-state index in [1.54, 1.807) is 30.3 Å². The zero-order valence-electron chi connectivity index (χ0n) is 12.2. The second-order valence-electron chi connectivity index (χ2n) is 4.93. The molecule has 0 aliphatic heterocycles. The van der Waals surface area contributed by atoms with Crippen LogP contribution in [0.4, 0.5) is 18.9 Å². The number of hydrogen-bond acceptors (Lipinski definition) is 2. The van der Waals surface area contributed by atoms with E-state index >= 15 is 0 Å². The van der Waals surface area contributed by atoms with Crippen LogP contribution in [0, 0.1) is 17.5 Å². The Hall–Kier alpha value is -2.11. The van der Waals surface area contributed by atoms with Crippen molar-refractivity contribution < 1.29 is 13.2 Å². The van der Waals surface area contributed by atoms with E-state index in [0.717, 1.165) is 18.0 Å². The summed E-state index contributed by atoms with van der Waals surface area (Å²) in [5, 5.41) is -0.0219. The molecular formula is C18H11ClF3NS. The maximum Gasteiger partial charge on any atom is 0.157 e. The van der Waals surface area contributed by atoms with Gasteiger partial charge in [0.2, 0.25) is 0 Å². The van der Waals surface area contributed by atoms with Crippen molar-refractivity contribution in [1.82, 2.24) is 0 Å². The molecule has 0 saturated carbocycles. The lowest BCUT2D eigenvalue weighted by atomic mass is 10.0. The molecule has 0 aliphatic rings. The molecule has 24 heavy (non-hydrogen) atoms. The Morgan fingerprint density at radius 2 is 1.58 bits per heavy atom. The first kappa shape index (κ1) is 16.7. The third-order valence-corrected chi connectivity index (χ3v) is 4.48. The molecule has 0 bridgehead atoms. The average molecular weight is 366 g/mol. The molecule has 0 aliphatic carbocycles. The molecule has 0 unspecified atom stereocenters. The second kappa shape index (κ2) is 7.20. The summed E-state index contributed by atoms with van der Waals surface area (Å²) in [6, 6.07) is 15.5. The van der Waals surface area contributed by atoms with Crippen molar-refractivity contribution >= 4 is 29.2 Å². The van der Waals surface area contributed by atoms with Gasteiger partial charge in [-0.15, -0.1) is 0 Å². The Labute approximate surface area is 146 Å². The molecule has 3 rings (SSSR count). The minimum atomic E-state index is -0.762. The van der Waals surface area contributed by atoms with Crippen molar-refractivity contribution in [1.29, 1.82) is 0 Å². The van der Waals surface area contributed by atoms with Gasteiger partial charge in [-0.25, -0.2) is 13.2 Å². The molecule has 1 N–H and O–H groups in total. The summed E-state index contributed by atoms with van der Waals surface area (Å²) in [6.45, 7) is 0. The molecule has 3 aromatic carbocycles. The van der Waals surface area contributed by atoms with E-state index < -0.39 is 17.5 Å². The van der Waals surface area contributed by atoms with Crippen LogP contribution in [0.5, 0.6) is 0 Å². The molecule has 3 aromatic rings. The topological polar surface area (TPSA) is 12.0 Å². The number of nitrogens with one attached hydrogen (secondary N) is 1. The molecule has 0 atom stereocenters. The van der Waals surface area contributed by atoms with Gasteiger partial charge in [-0.2, -0.15) is 0 Å². The fourth-order valence-electron chi connectivity index (χ4n) is 2.14. The highest BCUT2D eigenvalue weighted by molar-refractivity contribution is 8.00. The van der Waals surface area contributed by atoms with Crippen molar-refractivity contribution in [3.63, 3.8) is 0 Å². The van der Waals surface area contributed by atoms with E-state index in [4.69, 9.17) is 11.6 Å². The predicted octanol–water partition coefficient (Wildman–Crippen LogP) is 6.54. The van der Waals surface area contributed by atoms with Gasteiger partial charge < -0.3 is 4.72 Å². The minimum Gasteiger partial charge on any atom is -0.323 e. The Balaban J connectivity index is 1.90. The van der Waals surface area contributed by atoms with Crippen LogP contribution in [0.3, 0.4) is 0 Å². The second-order valence-corrected chi connectivity index (χ2v) is 6.19. The van der Waals surface area contributed by atoms with E-state index in [1.807, 2.05) is 6.07 Å². The van der Waals surface area contributed by atoms with Crippen LogP contribution in [0.25, 0.3) is 11.1 Å². The predicted molar refractivity (Wildman–Crippen MR) is 92.7 cm³/mol. The van der Waals surface area contributed by atoms with E-state index in [9.17, 15) is 13.2 Å². The summed E-state index contributed by atoms with van der Waals surface area (Å²) in [5.74, 6) is -2.02. The summed E-state index contributed by atoms with van der Waals surface area (Å²) in [5.41, 5.74) is 0.934. The molecule has 0 amide bonds. The van der Waals surface area contributed by atoms with Gasteiger partial charge in [0.05, 0.1) is 15.6 Å². The van der Waals surface area contributed by atoms with Gasteiger partial charge in [0.1, 0.15) is 11.6 Å². The maximum absolute atomic E-state index is 14.0. The molecule has 1 nitrogen and oxygen atoms in total. The molecule has 0 aromatic heterocycles. The zero-order chi connectivity index (χ0) is 17.1. The van der Waals surface area contributed by atoms with Gasteiger partial charge in [-0.1, -0.05) is 48.0 Å². The molecule has 0 radical (unpaired) electrons. The monoisotopic (exact) mass is 365 g/mol. The fourth-order valence-corrected chi connectivity index (χ4v) is 3.09. The lowest BCUT2D eigenvalue weighted by Gasteiger charge is -2.11. The quantitative estimate of drug-likeness (QED) is 0.526. The van der Waals surface area contributed by atoms with Crippen LogP contribution < -0.4 is 4.72 Å². The zero-order valence-corrected chi connectivity index (χ0v) is 13.8. The largest absolute Gasteiger partial charge is 0.323 e. The van der Waals surface area contributed by atoms with E-state index in [0.29, 0.717) is 5.56 Å². The van der Waals surface area contributed by atoms with Crippen molar-refractivity contribution in [3.8, 4) is 11.1 Å². The van der Waals surface area contributed by atoms with Crippen molar-refractivity contribution in [2.75, 3.05) is 4.72 Å². The molecule has 0 heterocycles. The number of anilines is 1. The highest BCUT2D eigenvalue weighted by atomic mass is 35.5. The number of hydrogen-bond donors (Lipinski definition) is 1. The summed E-state index contributed by atoms with van der Waals surface area (Å²) < 4.78 is 44.6. The van der Waals surface area contributed by atoms with Crippen molar-refractivity contribution in [3.05, 3.63) is 83.1 Å². The Kier molecular flexibility index (Phi) is 5.02. The first-order valence-electron chi connectivity index (χ1n) is 6.97. The lowest BCUT2D eigenvalue weighted by Crippen LogP contribution is -1.96. The third kappa shape index (κ3) is 3.52. The molecule has 0 saturated heterocycles. The van der Waals surface area contributed by atoms with Gasteiger partial charge >= 0.3 is 0 Å². The summed E-state index contributed by atoms with van der Waals surface area (Å²) in [6.07, 6.45) is 0. The molecule has 6 heteroatoms. The Morgan fingerprint density at radius 1 is 0.833 bits per heavy atom. The van der Waals surface area contributed by atoms with Gasteiger partial charge in [0, 0.05) is 11.6 Å². The standard InChI is InChI=1S/C18H11ClF3NS/c19-13-7-4-8-17(18(13)22)24-23-16-9-12(14(20)10-15(16)21)11-5-2-1-3-6-11/h1-10,23H. The van der Waals surface area contributed by atoms with Crippen LogP contribution in [0.2, 0.25) is 5.02 Å². The first-order chi connectivity index (χ1) is 11.6. The lowest BCUT2D eigenvalue weighted by molar-refractivity contribution is 0.588. The van der Waals surface area contributed by atoms with Crippen LogP contribution in [-0.4, -0.2) is 0 Å². The van der Waals surface area contributed by atoms with E-state index in [1.165, 1.54) is 18.2 Å². The maximum atomic E-state index is 14.0. The molecular weight excluding hydrogens is 355 g/mol. The van der Waals surface area contributed by atoms with Crippen LogP contribution >= 0.6 is 23.5 Å². The Bertz CT molecular complexity index is 872. The SMILES string of the molecule is Fc1cc(F)c(-c2ccccc2)cc1NSc1cccc(Cl)c1F. The Morgan fingerprint density at radius 3 is 2.33 bits per heavy atom. The first-order valence-corrected chi connectivity index (χ1v) is 8.17. The fraction of sp³-hybridized carbons (Fsp3) is 0. The van der Waals surface area contributed by atoms with Crippen LogP contribution in [0.1, 0.15) is 0 Å². The van der Waals surface area contributed by atoms with E-state index in [-0.39, 0.29) is 21.2 Å². The molecule has 0 spiro atoms. The van der Waals surface area contributed by atoms with Crippen molar-refractivity contribution in [2.45, 2.75) is 4.90 Å². The summed E-state index contributed by atoms with van der Waals surface area (Å²) in [4.78, 5) is 0.215.